The van der Waals surface area contributed by atoms with Crippen LogP contribution in [-0.2, 0) is 4.74 Å². The van der Waals surface area contributed by atoms with Crippen molar-refractivity contribution in [2.24, 2.45) is 5.92 Å². The van der Waals surface area contributed by atoms with E-state index in [1.165, 1.54) is 45.2 Å². The van der Waals surface area contributed by atoms with Gasteiger partial charge in [0.1, 0.15) is 0 Å². The van der Waals surface area contributed by atoms with Crippen LogP contribution in [-0.4, -0.2) is 38.4 Å². The molecular formula is C13H26N2O. The van der Waals surface area contributed by atoms with Gasteiger partial charge in [0.15, 0.2) is 0 Å². The van der Waals surface area contributed by atoms with Gasteiger partial charge in [0.05, 0.1) is 0 Å². The summed E-state index contributed by atoms with van der Waals surface area (Å²) in [5.74, 6) is 0.840. The Kier molecular flexibility index (Phi) is 5.07. The first kappa shape index (κ1) is 12.3. The molecule has 0 aromatic heterocycles. The molecule has 94 valence electrons. The molecule has 2 saturated heterocycles. The Hall–Kier alpha value is -0.120. The van der Waals surface area contributed by atoms with E-state index in [1.807, 2.05) is 0 Å². The molecule has 0 amide bonds. The molecule has 2 aliphatic rings. The summed E-state index contributed by atoms with van der Waals surface area (Å²) in [6.45, 7) is 6.64. The molecule has 0 aliphatic carbocycles. The van der Waals surface area contributed by atoms with Crippen LogP contribution in [0.2, 0.25) is 0 Å². The summed E-state index contributed by atoms with van der Waals surface area (Å²) in [6.07, 6.45) is 6.48. The van der Waals surface area contributed by atoms with Crippen molar-refractivity contribution in [2.75, 3.05) is 26.3 Å². The third-order valence-electron chi connectivity index (χ3n) is 3.90. The van der Waals surface area contributed by atoms with Gasteiger partial charge >= 0.3 is 0 Å². The molecule has 3 heteroatoms. The summed E-state index contributed by atoms with van der Waals surface area (Å²) < 4.78 is 5.38. The van der Waals surface area contributed by atoms with E-state index in [0.717, 1.165) is 25.2 Å². The van der Waals surface area contributed by atoms with Gasteiger partial charge in [0.25, 0.3) is 0 Å². The lowest BCUT2D eigenvalue weighted by Gasteiger charge is -2.25. The quantitative estimate of drug-likeness (QED) is 0.746. The van der Waals surface area contributed by atoms with E-state index in [4.69, 9.17) is 4.74 Å². The molecule has 2 unspecified atom stereocenters. The molecule has 0 radical (unpaired) electrons. The predicted molar refractivity (Wildman–Crippen MR) is 66.6 cm³/mol. The molecule has 2 rings (SSSR count). The first-order valence-corrected chi connectivity index (χ1v) is 6.89. The molecule has 0 aromatic carbocycles. The molecule has 0 spiro atoms. The van der Waals surface area contributed by atoms with Crippen LogP contribution in [0, 0.1) is 5.92 Å². The van der Waals surface area contributed by atoms with Crippen molar-refractivity contribution in [3.8, 4) is 0 Å². The number of rotatable bonds is 5. The highest BCUT2D eigenvalue weighted by molar-refractivity contribution is 4.79. The number of hydrogen-bond donors (Lipinski definition) is 2. The zero-order valence-corrected chi connectivity index (χ0v) is 10.5. The summed E-state index contributed by atoms with van der Waals surface area (Å²) >= 11 is 0. The fourth-order valence-corrected chi connectivity index (χ4v) is 2.79. The van der Waals surface area contributed by atoms with Crippen LogP contribution in [0.4, 0.5) is 0 Å². The maximum Gasteiger partial charge on any atom is 0.0469 e. The van der Waals surface area contributed by atoms with Crippen molar-refractivity contribution in [1.82, 2.24) is 10.6 Å². The summed E-state index contributed by atoms with van der Waals surface area (Å²) in [5.41, 5.74) is 0. The van der Waals surface area contributed by atoms with Crippen molar-refractivity contribution in [1.29, 1.82) is 0 Å². The molecule has 2 aliphatic heterocycles. The number of ether oxygens (including phenoxy) is 1. The third kappa shape index (κ3) is 4.04. The largest absolute Gasteiger partial charge is 0.381 e. The number of hydrogen-bond acceptors (Lipinski definition) is 3. The van der Waals surface area contributed by atoms with Gasteiger partial charge < -0.3 is 15.4 Å². The zero-order valence-electron chi connectivity index (χ0n) is 10.5. The fourth-order valence-electron chi connectivity index (χ4n) is 2.79. The third-order valence-corrected chi connectivity index (χ3v) is 3.90. The van der Waals surface area contributed by atoms with Crippen LogP contribution in [0.3, 0.4) is 0 Å². The van der Waals surface area contributed by atoms with Crippen molar-refractivity contribution >= 4 is 0 Å². The van der Waals surface area contributed by atoms with Gasteiger partial charge in [0.2, 0.25) is 0 Å². The number of nitrogens with one attached hydrogen (secondary N) is 2. The van der Waals surface area contributed by atoms with Gasteiger partial charge in [-0.05, 0) is 58.0 Å². The molecule has 16 heavy (non-hydrogen) atoms. The minimum Gasteiger partial charge on any atom is -0.381 e. The van der Waals surface area contributed by atoms with E-state index in [1.54, 1.807) is 0 Å². The Bertz CT molecular complexity index is 186. The second-order valence-electron chi connectivity index (χ2n) is 5.39. The minimum atomic E-state index is 0.651. The monoisotopic (exact) mass is 226 g/mol. The lowest BCUT2D eigenvalue weighted by atomic mass is 9.99. The van der Waals surface area contributed by atoms with Gasteiger partial charge in [-0.2, -0.15) is 0 Å². The van der Waals surface area contributed by atoms with E-state index in [0.29, 0.717) is 6.04 Å². The second-order valence-corrected chi connectivity index (χ2v) is 5.39. The summed E-state index contributed by atoms with van der Waals surface area (Å²) in [5, 5.41) is 7.25. The maximum atomic E-state index is 5.38. The minimum absolute atomic E-state index is 0.651. The summed E-state index contributed by atoms with van der Waals surface area (Å²) in [6, 6.07) is 1.41. The molecule has 0 saturated carbocycles. The first-order chi connectivity index (χ1) is 7.84. The van der Waals surface area contributed by atoms with Crippen LogP contribution in [0.25, 0.3) is 0 Å². The molecule has 2 heterocycles. The van der Waals surface area contributed by atoms with Gasteiger partial charge in [0, 0.05) is 25.3 Å². The van der Waals surface area contributed by atoms with Crippen LogP contribution in [0.5, 0.6) is 0 Å². The molecule has 2 atom stereocenters. The normalized spacial score (nSPS) is 29.4. The highest BCUT2D eigenvalue weighted by atomic mass is 16.5. The average Bonchev–Trinajstić information content (AvgIpc) is 2.81. The van der Waals surface area contributed by atoms with E-state index in [2.05, 4.69) is 17.6 Å². The SMILES string of the molecule is CC(CC1CCCN1)NCC1CCOCC1. The maximum absolute atomic E-state index is 5.38. The summed E-state index contributed by atoms with van der Waals surface area (Å²) in [4.78, 5) is 0. The van der Waals surface area contributed by atoms with Crippen molar-refractivity contribution in [2.45, 2.75) is 51.1 Å². The van der Waals surface area contributed by atoms with Gasteiger partial charge in [-0.1, -0.05) is 0 Å². The van der Waals surface area contributed by atoms with Gasteiger partial charge in [-0.3, -0.25) is 0 Å². The molecular weight excluding hydrogens is 200 g/mol. The van der Waals surface area contributed by atoms with Crippen molar-refractivity contribution in [3.63, 3.8) is 0 Å². The van der Waals surface area contributed by atoms with Crippen molar-refractivity contribution < 1.29 is 4.74 Å². The lowest BCUT2D eigenvalue weighted by molar-refractivity contribution is 0.0654. The zero-order chi connectivity index (χ0) is 11.2. The van der Waals surface area contributed by atoms with Gasteiger partial charge in [-0.15, -0.1) is 0 Å². The van der Waals surface area contributed by atoms with Crippen molar-refractivity contribution in [3.05, 3.63) is 0 Å². The summed E-state index contributed by atoms with van der Waals surface area (Å²) in [7, 11) is 0. The molecule has 0 aromatic rings. The highest BCUT2D eigenvalue weighted by Crippen LogP contribution is 2.15. The van der Waals surface area contributed by atoms with E-state index < -0.39 is 0 Å². The highest BCUT2D eigenvalue weighted by Gasteiger charge is 2.18. The Balaban J connectivity index is 1.57. The smallest absolute Gasteiger partial charge is 0.0469 e. The van der Waals surface area contributed by atoms with Crippen LogP contribution < -0.4 is 10.6 Å². The molecule has 0 bridgehead atoms. The standard InChI is InChI=1S/C13H26N2O/c1-11(9-13-3-2-6-14-13)15-10-12-4-7-16-8-5-12/h11-15H,2-10H2,1H3. The second kappa shape index (κ2) is 6.58. The van der Waals surface area contributed by atoms with E-state index in [-0.39, 0.29) is 0 Å². The Morgan fingerprint density at radius 3 is 2.81 bits per heavy atom. The molecule has 3 nitrogen and oxygen atoms in total. The fraction of sp³-hybridized carbons (Fsp3) is 1.00. The van der Waals surface area contributed by atoms with E-state index in [9.17, 15) is 0 Å². The molecule has 2 N–H and O–H groups in total. The predicted octanol–water partition coefficient (Wildman–Crippen LogP) is 1.53. The Morgan fingerprint density at radius 1 is 1.31 bits per heavy atom. The molecule has 2 fully saturated rings. The first-order valence-electron chi connectivity index (χ1n) is 6.89. The average molecular weight is 226 g/mol. The van der Waals surface area contributed by atoms with Crippen LogP contribution in [0.1, 0.15) is 39.0 Å². The Morgan fingerprint density at radius 2 is 2.12 bits per heavy atom. The lowest BCUT2D eigenvalue weighted by Crippen LogP contribution is -2.37. The van der Waals surface area contributed by atoms with Crippen LogP contribution in [0.15, 0.2) is 0 Å². The van der Waals surface area contributed by atoms with Gasteiger partial charge in [-0.25, -0.2) is 0 Å². The van der Waals surface area contributed by atoms with E-state index >= 15 is 0 Å². The Labute approximate surface area is 99.3 Å². The van der Waals surface area contributed by atoms with Crippen LogP contribution >= 0.6 is 0 Å². The topological polar surface area (TPSA) is 33.3 Å².